The molecule has 1 aliphatic rings. The second-order valence-electron chi connectivity index (χ2n) is 6.87. The molecular formula is C17H24N4O3. The van der Waals surface area contributed by atoms with Gasteiger partial charge in [0, 0.05) is 31.0 Å². The summed E-state index contributed by atoms with van der Waals surface area (Å²) in [5, 5.41) is 21.2. The van der Waals surface area contributed by atoms with Crippen LogP contribution in [0.4, 0.5) is 0 Å². The number of furan rings is 1. The zero-order valence-corrected chi connectivity index (χ0v) is 14.3. The maximum Gasteiger partial charge on any atom is 0.287 e. The van der Waals surface area contributed by atoms with Crippen molar-refractivity contribution in [2.45, 2.75) is 44.6 Å². The van der Waals surface area contributed by atoms with Gasteiger partial charge < -0.3 is 19.4 Å². The lowest BCUT2D eigenvalue weighted by Gasteiger charge is -2.15. The molecule has 0 aliphatic heterocycles. The number of aromatic nitrogens is 3. The summed E-state index contributed by atoms with van der Waals surface area (Å²) in [5.74, 6) is 1.43. The third kappa shape index (κ3) is 3.21. The fourth-order valence-corrected chi connectivity index (χ4v) is 3.46. The number of nitrogens with zero attached hydrogens (tertiary/aromatic N) is 3. The molecule has 0 saturated heterocycles. The van der Waals surface area contributed by atoms with Gasteiger partial charge in [0.05, 0.1) is 12.4 Å². The molecule has 2 aromatic heterocycles. The zero-order chi connectivity index (χ0) is 17.3. The van der Waals surface area contributed by atoms with E-state index in [0.29, 0.717) is 18.7 Å². The van der Waals surface area contributed by atoms with Crippen molar-refractivity contribution in [1.82, 2.24) is 20.1 Å². The molecule has 7 nitrogen and oxygen atoms in total. The molecule has 0 aromatic carbocycles. The maximum atomic E-state index is 12.3. The SMILES string of the molecule is CC(C)c1ccoc1C(=O)NC[C@H]1C[C@H](c2nncn2C)C[C@H]1O. The van der Waals surface area contributed by atoms with Gasteiger partial charge in [0.15, 0.2) is 5.76 Å². The largest absolute Gasteiger partial charge is 0.459 e. The van der Waals surface area contributed by atoms with Crippen LogP contribution in [0.25, 0.3) is 0 Å². The van der Waals surface area contributed by atoms with Crippen molar-refractivity contribution in [1.29, 1.82) is 0 Å². The molecule has 24 heavy (non-hydrogen) atoms. The third-order valence-corrected chi connectivity index (χ3v) is 4.82. The normalized spacial score (nSPS) is 23.8. The van der Waals surface area contributed by atoms with E-state index in [1.807, 2.05) is 31.5 Å². The van der Waals surface area contributed by atoms with Gasteiger partial charge in [-0.2, -0.15) is 0 Å². The Morgan fingerprint density at radius 2 is 2.29 bits per heavy atom. The number of hydrogen-bond acceptors (Lipinski definition) is 5. The molecule has 1 fully saturated rings. The van der Waals surface area contributed by atoms with Crippen molar-refractivity contribution in [2.24, 2.45) is 13.0 Å². The topological polar surface area (TPSA) is 93.2 Å². The number of nitrogens with one attached hydrogen (secondary N) is 1. The summed E-state index contributed by atoms with van der Waals surface area (Å²) >= 11 is 0. The number of amides is 1. The van der Waals surface area contributed by atoms with Crippen LogP contribution in [0.5, 0.6) is 0 Å². The highest BCUT2D eigenvalue weighted by Gasteiger charge is 2.36. The molecule has 2 N–H and O–H groups in total. The van der Waals surface area contributed by atoms with Crippen LogP contribution in [0.15, 0.2) is 23.1 Å². The summed E-state index contributed by atoms with van der Waals surface area (Å²) in [5.41, 5.74) is 0.899. The number of aliphatic hydroxyl groups excluding tert-OH is 1. The lowest BCUT2D eigenvalue weighted by atomic mass is 10.0. The Balaban J connectivity index is 1.60. The molecule has 0 bridgehead atoms. The average Bonchev–Trinajstić information content (AvgIpc) is 3.24. The van der Waals surface area contributed by atoms with Crippen LogP contribution in [0.2, 0.25) is 0 Å². The standard InChI is InChI=1S/C17H24N4O3/c1-10(2)13-4-5-24-15(13)17(23)18-8-12-6-11(7-14(12)22)16-20-19-9-21(16)3/h4-5,9-12,14,22H,6-8H2,1-3H3,(H,18,23)/t11-,12+,14+/m0/s1. The zero-order valence-electron chi connectivity index (χ0n) is 14.3. The lowest BCUT2D eigenvalue weighted by Crippen LogP contribution is -2.32. The van der Waals surface area contributed by atoms with Crippen LogP contribution in [-0.4, -0.2) is 38.4 Å². The Labute approximate surface area is 141 Å². The van der Waals surface area contributed by atoms with Crippen molar-refractivity contribution in [3.05, 3.63) is 35.8 Å². The number of hydrogen-bond donors (Lipinski definition) is 2. The van der Waals surface area contributed by atoms with E-state index in [9.17, 15) is 9.90 Å². The van der Waals surface area contributed by atoms with Crippen molar-refractivity contribution < 1.29 is 14.3 Å². The Hall–Kier alpha value is -2.15. The minimum absolute atomic E-state index is 0.00751. The fraction of sp³-hybridized carbons (Fsp3) is 0.588. The maximum absolute atomic E-state index is 12.3. The third-order valence-electron chi connectivity index (χ3n) is 4.82. The van der Waals surface area contributed by atoms with Gasteiger partial charge in [-0.15, -0.1) is 10.2 Å². The Kier molecular flexibility index (Phi) is 4.71. The highest BCUT2D eigenvalue weighted by Crippen LogP contribution is 2.37. The molecule has 7 heteroatoms. The van der Waals surface area contributed by atoms with Crippen molar-refractivity contribution in [3.63, 3.8) is 0 Å². The van der Waals surface area contributed by atoms with Crippen molar-refractivity contribution >= 4 is 5.91 Å². The molecule has 3 atom stereocenters. The Bertz CT molecular complexity index is 706. The van der Waals surface area contributed by atoms with Crippen molar-refractivity contribution in [3.8, 4) is 0 Å². The van der Waals surface area contributed by atoms with Gasteiger partial charge >= 0.3 is 0 Å². The molecule has 3 rings (SSSR count). The highest BCUT2D eigenvalue weighted by molar-refractivity contribution is 5.93. The second kappa shape index (κ2) is 6.76. The highest BCUT2D eigenvalue weighted by atomic mass is 16.3. The second-order valence-corrected chi connectivity index (χ2v) is 6.87. The minimum atomic E-state index is -0.451. The number of carbonyl (C=O) groups is 1. The molecule has 0 radical (unpaired) electrons. The van der Waals surface area contributed by atoms with Gasteiger partial charge in [0.25, 0.3) is 5.91 Å². The molecule has 1 aliphatic carbocycles. The summed E-state index contributed by atoms with van der Waals surface area (Å²) in [6.07, 6.45) is 4.18. The van der Waals surface area contributed by atoms with Crippen LogP contribution < -0.4 is 5.32 Å². The predicted octanol–water partition coefficient (Wildman–Crippen LogP) is 1.82. The van der Waals surface area contributed by atoms with Gasteiger partial charge in [-0.1, -0.05) is 13.8 Å². The van der Waals surface area contributed by atoms with E-state index in [1.165, 1.54) is 0 Å². The lowest BCUT2D eigenvalue weighted by molar-refractivity contribution is 0.0888. The van der Waals surface area contributed by atoms with Gasteiger partial charge in [-0.25, -0.2) is 0 Å². The minimum Gasteiger partial charge on any atom is -0.459 e. The summed E-state index contributed by atoms with van der Waals surface area (Å²) < 4.78 is 7.21. The molecule has 1 amide bonds. The molecule has 2 heterocycles. The monoisotopic (exact) mass is 332 g/mol. The summed E-state index contributed by atoms with van der Waals surface area (Å²) in [4.78, 5) is 12.3. The van der Waals surface area contributed by atoms with E-state index in [0.717, 1.165) is 17.8 Å². The van der Waals surface area contributed by atoms with Gasteiger partial charge in [-0.3, -0.25) is 4.79 Å². The molecule has 130 valence electrons. The number of rotatable bonds is 5. The van der Waals surface area contributed by atoms with Crippen LogP contribution in [-0.2, 0) is 7.05 Å². The Morgan fingerprint density at radius 1 is 1.50 bits per heavy atom. The number of aliphatic hydroxyl groups is 1. The van der Waals surface area contributed by atoms with Crippen LogP contribution in [0.1, 0.15) is 60.5 Å². The molecule has 0 unspecified atom stereocenters. The van der Waals surface area contributed by atoms with E-state index in [2.05, 4.69) is 15.5 Å². The molecule has 0 spiro atoms. The van der Waals surface area contributed by atoms with E-state index < -0.39 is 6.10 Å². The van der Waals surface area contributed by atoms with E-state index in [4.69, 9.17) is 4.42 Å². The average molecular weight is 332 g/mol. The van der Waals surface area contributed by atoms with Crippen LogP contribution >= 0.6 is 0 Å². The summed E-state index contributed by atoms with van der Waals surface area (Å²) in [6, 6.07) is 1.83. The number of carbonyl (C=O) groups excluding carboxylic acids is 1. The predicted molar refractivity (Wildman–Crippen MR) is 87.6 cm³/mol. The van der Waals surface area contributed by atoms with Gasteiger partial charge in [0.2, 0.25) is 0 Å². The first-order valence-corrected chi connectivity index (χ1v) is 8.35. The first-order valence-electron chi connectivity index (χ1n) is 8.35. The Morgan fingerprint density at radius 3 is 2.96 bits per heavy atom. The summed E-state index contributed by atoms with van der Waals surface area (Å²) in [7, 11) is 1.90. The first-order chi connectivity index (χ1) is 11.5. The number of aryl methyl sites for hydroxylation is 1. The summed E-state index contributed by atoms with van der Waals surface area (Å²) in [6.45, 7) is 4.47. The van der Waals surface area contributed by atoms with Gasteiger partial charge in [0.1, 0.15) is 12.2 Å². The first kappa shape index (κ1) is 16.7. The fourth-order valence-electron chi connectivity index (χ4n) is 3.46. The van der Waals surface area contributed by atoms with E-state index >= 15 is 0 Å². The molecule has 2 aromatic rings. The molecule has 1 saturated carbocycles. The smallest absolute Gasteiger partial charge is 0.287 e. The molecular weight excluding hydrogens is 308 g/mol. The van der Waals surface area contributed by atoms with Gasteiger partial charge in [-0.05, 0) is 24.8 Å². The van der Waals surface area contributed by atoms with E-state index in [1.54, 1.807) is 12.6 Å². The van der Waals surface area contributed by atoms with Crippen molar-refractivity contribution in [2.75, 3.05) is 6.54 Å². The quantitative estimate of drug-likeness (QED) is 0.871. The van der Waals surface area contributed by atoms with E-state index in [-0.39, 0.29) is 23.7 Å². The van der Waals surface area contributed by atoms with Crippen LogP contribution in [0, 0.1) is 5.92 Å². The van der Waals surface area contributed by atoms with Crippen LogP contribution in [0.3, 0.4) is 0 Å².